The van der Waals surface area contributed by atoms with Gasteiger partial charge in [0.15, 0.2) is 5.11 Å². The van der Waals surface area contributed by atoms with Crippen LogP contribution < -0.4 is 5.32 Å². The molecular formula is C16H17ClN4S. The maximum atomic E-state index is 5.96. The Morgan fingerprint density at radius 1 is 1.45 bits per heavy atom. The van der Waals surface area contributed by atoms with Gasteiger partial charge in [-0.1, -0.05) is 29.8 Å². The zero-order valence-electron chi connectivity index (χ0n) is 12.1. The van der Waals surface area contributed by atoms with Crippen molar-refractivity contribution in [3.63, 3.8) is 0 Å². The Balaban J connectivity index is 1.84. The van der Waals surface area contributed by atoms with Crippen molar-refractivity contribution in [3.8, 4) is 11.3 Å². The smallest absolute Gasteiger partial charge is 0.169 e. The monoisotopic (exact) mass is 332 g/mol. The Labute approximate surface area is 140 Å². The van der Waals surface area contributed by atoms with Crippen molar-refractivity contribution in [1.82, 2.24) is 20.4 Å². The van der Waals surface area contributed by atoms with E-state index in [-0.39, 0.29) is 0 Å². The summed E-state index contributed by atoms with van der Waals surface area (Å²) in [5.41, 5.74) is 4.43. The summed E-state index contributed by atoms with van der Waals surface area (Å²) in [6.45, 7) is 6.02. The number of rotatable bonds is 3. The third kappa shape index (κ3) is 3.00. The summed E-state index contributed by atoms with van der Waals surface area (Å²) >= 11 is 11.4. The van der Waals surface area contributed by atoms with Crippen LogP contribution in [-0.2, 0) is 13.0 Å². The fourth-order valence-electron chi connectivity index (χ4n) is 2.59. The van der Waals surface area contributed by atoms with Crippen molar-refractivity contribution < 1.29 is 0 Å². The molecule has 0 spiro atoms. The first-order valence-electron chi connectivity index (χ1n) is 7.14. The van der Waals surface area contributed by atoms with E-state index in [1.165, 1.54) is 11.3 Å². The van der Waals surface area contributed by atoms with Crippen molar-refractivity contribution >= 4 is 28.9 Å². The third-order valence-electron chi connectivity index (χ3n) is 3.74. The first-order chi connectivity index (χ1) is 10.7. The van der Waals surface area contributed by atoms with Crippen LogP contribution in [0.1, 0.15) is 11.3 Å². The fraction of sp³-hybridized carbons (Fsp3) is 0.250. The van der Waals surface area contributed by atoms with Crippen LogP contribution in [0.5, 0.6) is 0 Å². The van der Waals surface area contributed by atoms with E-state index in [2.05, 4.69) is 27.0 Å². The van der Waals surface area contributed by atoms with Crippen LogP contribution in [0.3, 0.4) is 0 Å². The molecule has 1 aliphatic rings. The predicted molar refractivity (Wildman–Crippen MR) is 93.9 cm³/mol. The summed E-state index contributed by atoms with van der Waals surface area (Å²) in [6, 6.07) is 7.75. The molecule has 6 heteroatoms. The first-order valence-corrected chi connectivity index (χ1v) is 7.93. The number of hydrogen-bond donors (Lipinski definition) is 2. The summed E-state index contributed by atoms with van der Waals surface area (Å²) in [5.74, 6) is 0. The number of aromatic nitrogens is 2. The largest absolute Gasteiger partial charge is 0.359 e. The summed E-state index contributed by atoms with van der Waals surface area (Å²) in [7, 11) is 0. The third-order valence-corrected chi connectivity index (χ3v) is 4.39. The lowest BCUT2D eigenvalue weighted by atomic mass is 10.0. The second kappa shape index (κ2) is 6.50. The van der Waals surface area contributed by atoms with Crippen molar-refractivity contribution in [2.75, 3.05) is 13.1 Å². The van der Waals surface area contributed by atoms with Crippen molar-refractivity contribution in [1.29, 1.82) is 0 Å². The number of nitrogens with zero attached hydrogens (tertiary/aromatic N) is 2. The first kappa shape index (κ1) is 15.1. The van der Waals surface area contributed by atoms with Gasteiger partial charge in [0, 0.05) is 47.9 Å². The van der Waals surface area contributed by atoms with Gasteiger partial charge in [0.2, 0.25) is 0 Å². The lowest BCUT2D eigenvalue weighted by Gasteiger charge is -2.29. The highest BCUT2D eigenvalue weighted by molar-refractivity contribution is 7.80. The molecule has 114 valence electrons. The Bertz CT molecular complexity index is 693. The van der Waals surface area contributed by atoms with Gasteiger partial charge < -0.3 is 10.2 Å². The lowest BCUT2D eigenvalue weighted by Crippen LogP contribution is -2.42. The van der Waals surface area contributed by atoms with Gasteiger partial charge in [-0.3, -0.25) is 5.10 Å². The number of hydrogen-bond acceptors (Lipinski definition) is 2. The Kier molecular flexibility index (Phi) is 4.45. The summed E-state index contributed by atoms with van der Waals surface area (Å²) < 4.78 is 0. The second-order valence-electron chi connectivity index (χ2n) is 5.18. The molecule has 22 heavy (non-hydrogen) atoms. The molecule has 1 aliphatic heterocycles. The highest BCUT2D eigenvalue weighted by Crippen LogP contribution is 2.29. The molecule has 2 aromatic rings. The van der Waals surface area contributed by atoms with E-state index >= 15 is 0 Å². The highest BCUT2D eigenvalue weighted by atomic mass is 35.5. The van der Waals surface area contributed by atoms with Gasteiger partial charge >= 0.3 is 0 Å². The second-order valence-corrected chi connectivity index (χ2v) is 6.01. The molecular weight excluding hydrogens is 316 g/mol. The maximum absolute atomic E-state index is 5.96. The number of aromatic amines is 1. The number of thiocarbonyl (C=S) groups is 1. The quantitative estimate of drug-likeness (QED) is 0.669. The molecule has 2 N–H and O–H groups in total. The van der Waals surface area contributed by atoms with Gasteiger partial charge in [0.1, 0.15) is 0 Å². The van der Waals surface area contributed by atoms with E-state index in [0.29, 0.717) is 6.54 Å². The van der Waals surface area contributed by atoms with Gasteiger partial charge in [-0.15, -0.1) is 6.58 Å². The summed E-state index contributed by atoms with van der Waals surface area (Å²) in [5, 5.41) is 12.3. The molecule has 0 fully saturated rings. The van der Waals surface area contributed by atoms with Crippen molar-refractivity contribution in [3.05, 3.63) is 53.2 Å². The van der Waals surface area contributed by atoms with Crippen molar-refractivity contribution in [2.24, 2.45) is 0 Å². The molecule has 0 aliphatic carbocycles. The van der Waals surface area contributed by atoms with E-state index in [9.17, 15) is 0 Å². The standard InChI is InChI=1S/C16H17ClN4S/c1-2-8-18-16(22)21-9-7-14-13(10-21)15(20-19-14)11-3-5-12(17)6-4-11/h2-6H,1,7-10H2,(H,18,22)(H,19,20). The minimum atomic E-state index is 0.678. The Morgan fingerprint density at radius 3 is 2.95 bits per heavy atom. The number of nitrogens with one attached hydrogen (secondary N) is 2. The van der Waals surface area contributed by atoms with E-state index in [4.69, 9.17) is 23.8 Å². The highest BCUT2D eigenvalue weighted by Gasteiger charge is 2.23. The average molecular weight is 333 g/mol. The van der Waals surface area contributed by atoms with Crippen LogP contribution >= 0.6 is 23.8 Å². The lowest BCUT2D eigenvalue weighted by molar-refractivity contribution is 0.388. The molecule has 0 atom stereocenters. The predicted octanol–water partition coefficient (Wildman–Crippen LogP) is 3.15. The van der Waals surface area contributed by atoms with Gasteiger partial charge in [-0.05, 0) is 24.4 Å². The molecule has 0 bridgehead atoms. The molecule has 0 saturated heterocycles. The van der Waals surface area contributed by atoms with Crippen LogP contribution in [-0.4, -0.2) is 33.3 Å². The van der Waals surface area contributed by atoms with E-state index in [1.54, 1.807) is 6.08 Å². The van der Waals surface area contributed by atoms with Crippen LogP contribution in [0.4, 0.5) is 0 Å². The van der Waals surface area contributed by atoms with Crippen LogP contribution in [0.2, 0.25) is 5.02 Å². The molecule has 0 unspecified atom stereocenters. The van der Waals surface area contributed by atoms with Gasteiger partial charge in [0.25, 0.3) is 0 Å². The van der Waals surface area contributed by atoms with Crippen molar-refractivity contribution in [2.45, 2.75) is 13.0 Å². The Morgan fingerprint density at radius 2 is 2.23 bits per heavy atom. The number of H-pyrrole nitrogens is 1. The summed E-state index contributed by atoms with van der Waals surface area (Å²) in [4.78, 5) is 2.16. The summed E-state index contributed by atoms with van der Waals surface area (Å²) in [6.07, 6.45) is 2.71. The normalized spacial score (nSPS) is 13.6. The number of fused-ring (bicyclic) bond motifs is 1. The molecule has 3 rings (SSSR count). The molecule has 0 amide bonds. The van der Waals surface area contributed by atoms with E-state index in [0.717, 1.165) is 40.9 Å². The minimum Gasteiger partial charge on any atom is -0.359 e. The van der Waals surface area contributed by atoms with Gasteiger partial charge in [0.05, 0.1) is 5.69 Å². The molecule has 4 nitrogen and oxygen atoms in total. The number of benzene rings is 1. The topological polar surface area (TPSA) is 44.0 Å². The number of halogens is 1. The fourth-order valence-corrected chi connectivity index (χ4v) is 2.95. The van der Waals surface area contributed by atoms with Crippen LogP contribution in [0, 0.1) is 0 Å². The molecule has 0 saturated carbocycles. The molecule has 1 aromatic heterocycles. The SMILES string of the molecule is C=CCNC(=S)N1CCc2[nH]nc(-c3ccc(Cl)cc3)c2C1. The zero-order chi connectivity index (χ0) is 15.5. The van der Waals surface area contributed by atoms with E-state index < -0.39 is 0 Å². The zero-order valence-corrected chi connectivity index (χ0v) is 13.7. The maximum Gasteiger partial charge on any atom is 0.169 e. The molecule has 2 heterocycles. The minimum absolute atomic E-state index is 0.678. The van der Waals surface area contributed by atoms with Crippen LogP contribution in [0.25, 0.3) is 11.3 Å². The average Bonchev–Trinajstić information content (AvgIpc) is 2.96. The molecule has 0 radical (unpaired) electrons. The Hall–Kier alpha value is -1.85. The van der Waals surface area contributed by atoms with E-state index in [1.807, 2.05) is 24.3 Å². The molecule has 1 aromatic carbocycles. The van der Waals surface area contributed by atoms with Gasteiger partial charge in [-0.25, -0.2) is 0 Å². The van der Waals surface area contributed by atoms with Gasteiger partial charge in [-0.2, -0.15) is 5.10 Å². The van der Waals surface area contributed by atoms with Crippen LogP contribution in [0.15, 0.2) is 36.9 Å².